The summed E-state index contributed by atoms with van der Waals surface area (Å²) < 4.78 is 6.06. The molecular formula is C24H23N3O2. The van der Waals surface area contributed by atoms with Crippen molar-refractivity contribution in [3.8, 4) is 11.5 Å². The van der Waals surface area contributed by atoms with Gasteiger partial charge in [-0.2, -0.15) is 0 Å². The van der Waals surface area contributed by atoms with Crippen molar-refractivity contribution in [3.05, 3.63) is 60.8 Å². The zero-order valence-electron chi connectivity index (χ0n) is 16.0. The number of hydrogen-bond donors (Lipinski definition) is 2. The lowest BCUT2D eigenvalue weighted by Crippen LogP contribution is -2.46. The Morgan fingerprint density at radius 2 is 1.90 bits per heavy atom. The highest BCUT2D eigenvalue weighted by Crippen LogP contribution is 2.75. The van der Waals surface area contributed by atoms with Crippen molar-refractivity contribution < 1.29 is 9.53 Å². The van der Waals surface area contributed by atoms with Gasteiger partial charge in [-0.1, -0.05) is 12.1 Å². The highest BCUT2D eigenvalue weighted by molar-refractivity contribution is 5.99. The van der Waals surface area contributed by atoms with Gasteiger partial charge in [-0.3, -0.25) is 9.78 Å². The summed E-state index contributed by atoms with van der Waals surface area (Å²) in [5.74, 6) is 3.11. The largest absolute Gasteiger partial charge is 0.457 e. The third-order valence-electron chi connectivity index (χ3n) is 7.41. The first kappa shape index (κ1) is 17.0. The molecule has 3 aromatic rings. The second-order valence-corrected chi connectivity index (χ2v) is 8.65. The molecule has 0 saturated heterocycles. The predicted molar refractivity (Wildman–Crippen MR) is 112 cm³/mol. The maximum atomic E-state index is 13.1. The molecule has 0 radical (unpaired) electrons. The number of anilines is 1. The van der Waals surface area contributed by atoms with E-state index in [9.17, 15) is 4.79 Å². The van der Waals surface area contributed by atoms with Crippen LogP contribution in [0.4, 0.5) is 5.69 Å². The smallest absolute Gasteiger partial charge is 0.232 e. The molecule has 4 fully saturated rings. The lowest BCUT2D eigenvalue weighted by Gasteiger charge is -2.32. The van der Waals surface area contributed by atoms with Gasteiger partial charge in [0, 0.05) is 23.3 Å². The third-order valence-corrected chi connectivity index (χ3v) is 7.41. The fourth-order valence-corrected chi connectivity index (χ4v) is 6.03. The molecule has 1 heterocycles. The van der Waals surface area contributed by atoms with Gasteiger partial charge in [-0.25, -0.2) is 0 Å². The fraction of sp³-hybridized carbons (Fsp3) is 0.333. The van der Waals surface area contributed by atoms with E-state index >= 15 is 0 Å². The van der Waals surface area contributed by atoms with E-state index in [0.717, 1.165) is 40.9 Å². The molecule has 0 aliphatic heterocycles. The quantitative estimate of drug-likeness (QED) is 0.700. The van der Waals surface area contributed by atoms with Gasteiger partial charge in [0.15, 0.2) is 0 Å². The average molecular weight is 385 g/mol. The van der Waals surface area contributed by atoms with Crippen LogP contribution in [-0.4, -0.2) is 16.9 Å². The van der Waals surface area contributed by atoms with Crippen LogP contribution >= 0.6 is 0 Å². The van der Waals surface area contributed by atoms with Crippen molar-refractivity contribution in [2.45, 2.75) is 25.3 Å². The molecule has 4 saturated carbocycles. The third kappa shape index (κ3) is 2.37. The van der Waals surface area contributed by atoms with E-state index < -0.39 is 0 Å². The molecule has 5 unspecified atom stereocenters. The Morgan fingerprint density at radius 1 is 1.07 bits per heavy atom. The molecule has 4 aliphatic rings. The minimum absolute atomic E-state index is 0.0221. The fourth-order valence-electron chi connectivity index (χ4n) is 6.03. The van der Waals surface area contributed by atoms with Crippen LogP contribution < -0.4 is 15.8 Å². The molecule has 5 nitrogen and oxygen atoms in total. The number of nitrogens with zero attached hydrogens (tertiary/aromatic N) is 1. The van der Waals surface area contributed by atoms with E-state index in [4.69, 9.17) is 10.5 Å². The summed E-state index contributed by atoms with van der Waals surface area (Å²) in [5, 5.41) is 4.09. The summed E-state index contributed by atoms with van der Waals surface area (Å²) in [6.45, 7) is 0. The SMILES string of the molecule is NC1C2CCC3C(C2)C13C(=O)Nc1ccc(Oc2ccnc3ccccc23)cc1. The number of hydrogen-bond acceptors (Lipinski definition) is 4. The molecule has 7 rings (SSSR count). The molecule has 4 aliphatic carbocycles. The van der Waals surface area contributed by atoms with Crippen LogP contribution in [0, 0.1) is 23.2 Å². The zero-order chi connectivity index (χ0) is 19.6. The van der Waals surface area contributed by atoms with Gasteiger partial charge < -0.3 is 15.8 Å². The van der Waals surface area contributed by atoms with Crippen molar-refractivity contribution >= 4 is 22.5 Å². The molecule has 0 spiro atoms. The maximum absolute atomic E-state index is 13.1. The summed E-state index contributed by atoms with van der Waals surface area (Å²) in [7, 11) is 0. The van der Waals surface area contributed by atoms with Crippen LogP contribution in [0.2, 0.25) is 0 Å². The second kappa shape index (κ2) is 6.04. The van der Waals surface area contributed by atoms with Crippen molar-refractivity contribution in [1.29, 1.82) is 0 Å². The molecule has 4 bridgehead atoms. The first-order valence-electron chi connectivity index (χ1n) is 10.4. The van der Waals surface area contributed by atoms with E-state index in [1.807, 2.05) is 54.6 Å². The lowest BCUT2D eigenvalue weighted by molar-refractivity contribution is -0.123. The van der Waals surface area contributed by atoms with Crippen LogP contribution in [0.15, 0.2) is 60.8 Å². The Balaban J connectivity index is 1.19. The molecule has 5 heteroatoms. The van der Waals surface area contributed by atoms with Gasteiger partial charge in [0.25, 0.3) is 0 Å². The Labute approximate surface area is 169 Å². The standard InChI is InChI=1S/C24H23N3O2/c25-22-14-5-10-18-19(13-14)24(18,22)23(28)27-15-6-8-16(9-7-15)29-21-11-12-26-20-4-2-1-3-17(20)21/h1-4,6-9,11-12,14,18-19,22H,5,10,13,25H2,(H,27,28). The van der Waals surface area contributed by atoms with E-state index in [1.54, 1.807) is 6.20 Å². The first-order chi connectivity index (χ1) is 14.2. The highest BCUT2D eigenvalue weighted by Gasteiger charge is 2.78. The number of nitrogens with two attached hydrogens (primary N) is 1. The summed E-state index contributed by atoms with van der Waals surface area (Å²) in [4.78, 5) is 17.4. The summed E-state index contributed by atoms with van der Waals surface area (Å²) in [5.41, 5.74) is 7.84. The number of pyridine rings is 1. The van der Waals surface area contributed by atoms with E-state index in [2.05, 4.69) is 10.3 Å². The molecular weight excluding hydrogens is 362 g/mol. The summed E-state index contributed by atoms with van der Waals surface area (Å²) in [6, 6.07) is 17.3. The molecule has 5 atom stereocenters. The molecule has 1 aromatic heterocycles. The normalized spacial score (nSPS) is 31.5. The van der Waals surface area contributed by atoms with Crippen LogP contribution in [0.5, 0.6) is 11.5 Å². The van der Waals surface area contributed by atoms with Crippen LogP contribution in [0.1, 0.15) is 19.3 Å². The van der Waals surface area contributed by atoms with Gasteiger partial charge in [0.1, 0.15) is 11.5 Å². The number of aromatic nitrogens is 1. The van der Waals surface area contributed by atoms with Crippen LogP contribution in [-0.2, 0) is 4.79 Å². The Bertz CT molecular complexity index is 1100. The average Bonchev–Trinajstić information content (AvgIpc) is 3.37. The van der Waals surface area contributed by atoms with Crippen molar-refractivity contribution in [3.63, 3.8) is 0 Å². The Kier molecular flexibility index (Phi) is 3.54. The molecule has 29 heavy (non-hydrogen) atoms. The first-order valence-corrected chi connectivity index (χ1v) is 10.4. The summed E-state index contributed by atoms with van der Waals surface area (Å²) >= 11 is 0. The van der Waals surface area contributed by atoms with Gasteiger partial charge in [-0.15, -0.1) is 0 Å². The summed E-state index contributed by atoms with van der Waals surface area (Å²) in [6.07, 6.45) is 5.22. The molecule has 146 valence electrons. The topological polar surface area (TPSA) is 77.2 Å². The van der Waals surface area contributed by atoms with E-state index in [0.29, 0.717) is 17.8 Å². The monoisotopic (exact) mass is 385 g/mol. The number of carbonyl (C=O) groups is 1. The van der Waals surface area contributed by atoms with Crippen molar-refractivity contribution in [2.75, 3.05) is 5.32 Å². The number of fused-ring (bicyclic) bond motifs is 2. The number of amides is 1. The minimum atomic E-state index is -0.311. The van der Waals surface area contributed by atoms with Gasteiger partial charge >= 0.3 is 0 Å². The molecule has 2 aromatic carbocycles. The van der Waals surface area contributed by atoms with Gasteiger partial charge in [0.2, 0.25) is 5.91 Å². The van der Waals surface area contributed by atoms with Gasteiger partial charge in [-0.05, 0) is 79.5 Å². The van der Waals surface area contributed by atoms with E-state index in [1.165, 1.54) is 6.42 Å². The zero-order valence-corrected chi connectivity index (χ0v) is 16.0. The number of nitrogens with one attached hydrogen (secondary N) is 1. The number of rotatable bonds is 4. The maximum Gasteiger partial charge on any atom is 0.232 e. The molecule has 1 amide bonds. The number of carbonyl (C=O) groups excluding carboxylic acids is 1. The van der Waals surface area contributed by atoms with E-state index in [-0.39, 0.29) is 17.4 Å². The minimum Gasteiger partial charge on any atom is -0.457 e. The Hall–Kier alpha value is -2.92. The van der Waals surface area contributed by atoms with Crippen LogP contribution in [0.3, 0.4) is 0 Å². The number of para-hydroxylation sites is 1. The molecule has 3 N–H and O–H groups in total. The van der Waals surface area contributed by atoms with Crippen LogP contribution in [0.25, 0.3) is 10.9 Å². The second-order valence-electron chi connectivity index (χ2n) is 8.65. The predicted octanol–water partition coefficient (Wildman–Crippen LogP) is 4.34. The van der Waals surface area contributed by atoms with Crippen molar-refractivity contribution in [2.24, 2.45) is 28.9 Å². The highest BCUT2D eigenvalue weighted by atomic mass is 16.5. The number of ether oxygens (including phenoxy) is 1. The van der Waals surface area contributed by atoms with Gasteiger partial charge in [0.05, 0.1) is 10.9 Å². The Morgan fingerprint density at radius 3 is 2.66 bits per heavy atom. The number of benzene rings is 2. The van der Waals surface area contributed by atoms with Crippen molar-refractivity contribution in [1.82, 2.24) is 4.98 Å². The lowest BCUT2D eigenvalue weighted by atomic mass is 9.77.